The Morgan fingerprint density at radius 2 is 1.00 bits per heavy atom. The van der Waals surface area contributed by atoms with Crippen LogP contribution in [0.2, 0.25) is 0 Å². The number of allylic oxidation sites excluding steroid dienone is 4. The molecular formula is C38H72O4. The fraction of sp³-hybridized carbons (Fsp3) is 0.868. The molecule has 0 heterocycles. The summed E-state index contributed by atoms with van der Waals surface area (Å²) in [5, 5.41) is 9.54. The predicted octanol–water partition coefficient (Wildman–Crippen LogP) is 11.6. The maximum absolute atomic E-state index is 12.1. The summed E-state index contributed by atoms with van der Waals surface area (Å²) in [6, 6.07) is 0. The Kier molecular flexibility index (Phi) is 35.1. The van der Waals surface area contributed by atoms with Crippen LogP contribution in [0.25, 0.3) is 0 Å². The minimum absolute atomic E-state index is 0.171. The van der Waals surface area contributed by atoms with Gasteiger partial charge in [0.05, 0.1) is 13.2 Å². The molecule has 4 nitrogen and oxygen atoms in total. The van der Waals surface area contributed by atoms with E-state index < -0.39 is 6.10 Å². The van der Waals surface area contributed by atoms with Gasteiger partial charge < -0.3 is 14.6 Å². The molecule has 0 fully saturated rings. The van der Waals surface area contributed by atoms with Crippen molar-refractivity contribution < 1.29 is 19.4 Å². The van der Waals surface area contributed by atoms with E-state index in [1.54, 1.807) is 0 Å². The topological polar surface area (TPSA) is 55.8 Å². The van der Waals surface area contributed by atoms with Crippen molar-refractivity contribution in [1.82, 2.24) is 0 Å². The normalized spacial score (nSPS) is 12.5. The van der Waals surface area contributed by atoms with Gasteiger partial charge in [-0.1, -0.05) is 160 Å². The zero-order valence-electron chi connectivity index (χ0n) is 28.3. The van der Waals surface area contributed by atoms with Crippen LogP contribution in [0, 0.1) is 0 Å². The van der Waals surface area contributed by atoms with Gasteiger partial charge in [-0.2, -0.15) is 0 Å². The number of aliphatic hydroxyl groups excluding tert-OH is 1. The molecule has 0 aromatic carbocycles. The highest BCUT2D eigenvalue weighted by molar-refractivity contribution is 5.69. The molecule has 4 heteroatoms. The van der Waals surface area contributed by atoms with Gasteiger partial charge in [0.15, 0.2) is 0 Å². The van der Waals surface area contributed by atoms with Crippen LogP contribution in [-0.2, 0) is 14.3 Å². The Labute approximate surface area is 262 Å². The van der Waals surface area contributed by atoms with Crippen molar-refractivity contribution in [3.63, 3.8) is 0 Å². The lowest BCUT2D eigenvalue weighted by molar-refractivity contribution is -0.154. The summed E-state index contributed by atoms with van der Waals surface area (Å²) in [4.78, 5) is 12.1. The maximum Gasteiger partial charge on any atom is 0.306 e. The van der Waals surface area contributed by atoms with Crippen LogP contribution in [0.15, 0.2) is 24.3 Å². The smallest absolute Gasteiger partial charge is 0.306 e. The quantitative estimate of drug-likeness (QED) is 0.0459. The molecule has 0 saturated heterocycles. The Morgan fingerprint density at radius 3 is 1.50 bits per heavy atom. The fourth-order valence-corrected chi connectivity index (χ4v) is 5.24. The third-order valence-electron chi connectivity index (χ3n) is 8.03. The fourth-order valence-electron chi connectivity index (χ4n) is 5.24. The van der Waals surface area contributed by atoms with Gasteiger partial charge in [-0.3, -0.25) is 4.79 Å². The Hall–Kier alpha value is -1.13. The molecule has 1 unspecified atom stereocenters. The first-order chi connectivity index (χ1) is 20.7. The Morgan fingerprint density at radius 1 is 0.571 bits per heavy atom. The number of ether oxygens (including phenoxy) is 2. The Bertz CT molecular complexity index is 586. The van der Waals surface area contributed by atoms with E-state index in [-0.39, 0.29) is 12.6 Å². The number of carbonyl (C=O) groups is 1. The summed E-state index contributed by atoms with van der Waals surface area (Å²) < 4.78 is 11.1. The third-order valence-corrected chi connectivity index (χ3v) is 8.03. The number of rotatable bonds is 34. The maximum atomic E-state index is 12.1. The standard InChI is InChI=1S/C38H72O4/c1-3-5-7-9-11-13-15-17-18-19-20-21-22-23-25-27-29-31-33-38(40)42-37(35-39)36-41-34-32-30-28-26-24-16-14-12-10-8-6-4-2/h13,15,18-19,37,39H,3-12,14,16-17,20-36H2,1-2H3/b15-13-,19-18-. The van der Waals surface area contributed by atoms with Crippen molar-refractivity contribution >= 4 is 5.97 Å². The molecule has 0 aliphatic heterocycles. The molecule has 0 aliphatic carbocycles. The highest BCUT2D eigenvalue weighted by Crippen LogP contribution is 2.13. The van der Waals surface area contributed by atoms with Crippen molar-refractivity contribution in [2.45, 2.75) is 193 Å². The number of carbonyl (C=O) groups excluding carboxylic acids is 1. The van der Waals surface area contributed by atoms with Gasteiger partial charge in [-0.05, 0) is 44.9 Å². The summed E-state index contributed by atoms with van der Waals surface area (Å²) in [5.74, 6) is -0.207. The van der Waals surface area contributed by atoms with E-state index in [9.17, 15) is 9.90 Å². The van der Waals surface area contributed by atoms with E-state index in [0.29, 0.717) is 19.6 Å². The highest BCUT2D eigenvalue weighted by atomic mass is 16.6. The number of hydrogen-bond donors (Lipinski definition) is 1. The molecule has 0 saturated carbocycles. The van der Waals surface area contributed by atoms with Gasteiger partial charge in [-0.25, -0.2) is 0 Å². The van der Waals surface area contributed by atoms with Gasteiger partial charge in [0.2, 0.25) is 0 Å². The summed E-state index contributed by atoms with van der Waals surface area (Å²) in [6.07, 6.45) is 42.1. The van der Waals surface area contributed by atoms with Crippen LogP contribution in [0.3, 0.4) is 0 Å². The minimum Gasteiger partial charge on any atom is -0.457 e. The average molecular weight is 593 g/mol. The van der Waals surface area contributed by atoms with E-state index in [1.807, 2.05) is 0 Å². The molecule has 0 aliphatic rings. The van der Waals surface area contributed by atoms with E-state index in [4.69, 9.17) is 9.47 Å². The second-order valence-electron chi connectivity index (χ2n) is 12.3. The van der Waals surface area contributed by atoms with Gasteiger partial charge >= 0.3 is 5.97 Å². The SMILES string of the molecule is CCCCCC/C=C\C/C=C\CCCCCCCCCC(=O)OC(CO)COCCCCCCCCCCCCCC. The van der Waals surface area contributed by atoms with E-state index >= 15 is 0 Å². The number of unbranched alkanes of at least 4 members (excludes halogenated alkanes) is 22. The minimum atomic E-state index is -0.532. The van der Waals surface area contributed by atoms with Gasteiger partial charge in [0.25, 0.3) is 0 Å². The van der Waals surface area contributed by atoms with E-state index in [2.05, 4.69) is 38.2 Å². The first kappa shape index (κ1) is 40.9. The molecule has 0 aromatic heterocycles. The van der Waals surface area contributed by atoms with Crippen molar-refractivity contribution in [2.24, 2.45) is 0 Å². The van der Waals surface area contributed by atoms with Crippen LogP contribution < -0.4 is 0 Å². The van der Waals surface area contributed by atoms with Gasteiger partial charge in [0.1, 0.15) is 6.10 Å². The van der Waals surface area contributed by atoms with Crippen LogP contribution in [0.4, 0.5) is 0 Å². The summed E-state index contributed by atoms with van der Waals surface area (Å²) >= 11 is 0. The molecule has 1 atom stereocenters. The van der Waals surface area contributed by atoms with Crippen molar-refractivity contribution in [3.05, 3.63) is 24.3 Å². The molecule has 0 radical (unpaired) electrons. The summed E-state index contributed by atoms with van der Waals surface area (Å²) in [7, 11) is 0. The zero-order chi connectivity index (χ0) is 30.6. The molecule has 1 N–H and O–H groups in total. The summed E-state index contributed by atoms with van der Waals surface area (Å²) in [5.41, 5.74) is 0. The molecule has 0 spiro atoms. The first-order valence-corrected chi connectivity index (χ1v) is 18.4. The molecule has 0 amide bonds. The highest BCUT2D eigenvalue weighted by Gasteiger charge is 2.13. The molecule has 42 heavy (non-hydrogen) atoms. The van der Waals surface area contributed by atoms with E-state index in [0.717, 1.165) is 25.7 Å². The van der Waals surface area contributed by atoms with Gasteiger partial charge in [-0.15, -0.1) is 0 Å². The number of aliphatic hydroxyl groups is 1. The monoisotopic (exact) mass is 593 g/mol. The molecule has 248 valence electrons. The van der Waals surface area contributed by atoms with Gasteiger partial charge in [0, 0.05) is 13.0 Å². The molecular weight excluding hydrogens is 520 g/mol. The van der Waals surface area contributed by atoms with Crippen LogP contribution >= 0.6 is 0 Å². The second kappa shape index (κ2) is 36.1. The number of esters is 1. The van der Waals surface area contributed by atoms with Crippen molar-refractivity contribution in [1.29, 1.82) is 0 Å². The third kappa shape index (κ3) is 33.4. The first-order valence-electron chi connectivity index (χ1n) is 18.4. The lowest BCUT2D eigenvalue weighted by Crippen LogP contribution is -2.27. The average Bonchev–Trinajstić information content (AvgIpc) is 3.00. The van der Waals surface area contributed by atoms with Crippen LogP contribution in [0.1, 0.15) is 187 Å². The second-order valence-corrected chi connectivity index (χ2v) is 12.3. The van der Waals surface area contributed by atoms with E-state index in [1.165, 1.54) is 141 Å². The largest absolute Gasteiger partial charge is 0.457 e. The molecule has 0 aromatic rings. The molecule has 0 bridgehead atoms. The molecule has 0 rings (SSSR count). The zero-order valence-corrected chi connectivity index (χ0v) is 28.3. The number of hydrogen-bond acceptors (Lipinski definition) is 4. The van der Waals surface area contributed by atoms with Crippen molar-refractivity contribution in [3.8, 4) is 0 Å². The van der Waals surface area contributed by atoms with Crippen LogP contribution in [-0.4, -0.2) is 37.0 Å². The van der Waals surface area contributed by atoms with Crippen molar-refractivity contribution in [2.75, 3.05) is 19.8 Å². The summed E-state index contributed by atoms with van der Waals surface area (Å²) in [6.45, 7) is 5.33. The predicted molar refractivity (Wildman–Crippen MR) is 182 cm³/mol. The Balaban J connectivity index is 3.45. The van der Waals surface area contributed by atoms with Crippen LogP contribution in [0.5, 0.6) is 0 Å². The lowest BCUT2D eigenvalue weighted by atomic mass is 10.1. The lowest BCUT2D eigenvalue weighted by Gasteiger charge is -2.16.